The maximum atomic E-state index is 14.0. The molecular weight excluding hydrogens is 495 g/mol. The third kappa shape index (κ3) is 6.18. The fourth-order valence-electron chi connectivity index (χ4n) is 3.58. The fraction of sp³-hybridized carbons (Fsp3) is 0.179. The summed E-state index contributed by atoms with van der Waals surface area (Å²) in [4.78, 5) is 30.7. The Labute approximate surface area is 218 Å². The number of thioether (sulfide) groups is 1. The Hall–Kier alpha value is -4.11. The number of ether oxygens (including phenoxy) is 2. The quantitative estimate of drug-likeness (QED) is 0.342. The van der Waals surface area contributed by atoms with Crippen LogP contribution in [0.4, 0.5) is 10.1 Å². The highest BCUT2D eigenvalue weighted by molar-refractivity contribution is 8.18. The molecule has 1 amide bonds. The molecule has 1 N–H and O–H groups in total. The summed E-state index contributed by atoms with van der Waals surface area (Å²) in [6.07, 6.45) is 1.76. The molecule has 1 aliphatic rings. The molecule has 3 aromatic rings. The minimum Gasteiger partial charge on any atom is -0.490 e. The van der Waals surface area contributed by atoms with E-state index in [1.807, 2.05) is 13.8 Å². The first-order valence-electron chi connectivity index (χ1n) is 11.7. The largest absolute Gasteiger partial charge is 0.490 e. The molecule has 7 nitrogen and oxygen atoms in total. The zero-order valence-electron chi connectivity index (χ0n) is 20.3. The Morgan fingerprint density at radius 2 is 1.81 bits per heavy atom. The van der Waals surface area contributed by atoms with E-state index in [1.165, 1.54) is 30.0 Å². The van der Waals surface area contributed by atoms with E-state index in [2.05, 4.69) is 4.99 Å². The second-order valence-electron chi connectivity index (χ2n) is 7.93. The summed E-state index contributed by atoms with van der Waals surface area (Å²) < 4.78 is 25.5. The maximum Gasteiger partial charge on any atom is 0.335 e. The van der Waals surface area contributed by atoms with Crippen molar-refractivity contribution in [1.82, 2.24) is 4.90 Å². The highest BCUT2D eigenvalue weighted by Gasteiger charge is 2.32. The summed E-state index contributed by atoms with van der Waals surface area (Å²) in [5, 5.41) is 9.59. The van der Waals surface area contributed by atoms with Gasteiger partial charge in [-0.05, 0) is 79.7 Å². The van der Waals surface area contributed by atoms with Crippen molar-refractivity contribution >= 4 is 40.6 Å². The van der Waals surface area contributed by atoms with Crippen molar-refractivity contribution in [1.29, 1.82) is 0 Å². The standard InChI is InChI=1S/C28H25FN2O5S/c1-3-31-26(32)25(37-28(31)30-21-12-10-19(11-13-21)27(33)34)16-18-9-14-23(24(15-18)35-4-2)36-17-20-7-5-6-8-22(20)29/h5-16H,3-4,17H2,1-2H3,(H,33,34). The van der Waals surface area contributed by atoms with Crippen LogP contribution in [-0.4, -0.2) is 40.2 Å². The SMILES string of the molecule is CCOc1cc(C=C2SC(=Nc3ccc(C(=O)O)cc3)N(CC)C2=O)ccc1OCc1ccccc1F. The number of aromatic carboxylic acids is 1. The summed E-state index contributed by atoms with van der Waals surface area (Å²) in [7, 11) is 0. The van der Waals surface area contributed by atoms with Gasteiger partial charge in [0.05, 0.1) is 22.8 Å². The second-order valence-corrected chi connectivity index (χ2v) is 8.93. The number of rotatable bonds is 9. The number of carbonyl (C=O) groups excluding carboxylic acids is 1. The van der Waals surface area contributed by atoms with Crippen LogP contribution in [0.2, 0.25) is 0 Å². The molecule has 9 heteroatoms. The molecule has 0 radical (unpaired) electrons. The zero-order chi connectivity index (χ0) is 26.4. The lowest BCUT2D eigenvalue weighted by Crippen LogP contribution is -2.28. The zero-order valence-corrected chi connectivity index (χ0v) is 21.1. The number of likely N-dealkylation sites (N-methyl/N-ethyl adjacent to an activating group) is 1. The Morgan fingerprint density at radius 1 is 1.05 bits per heavy atom. The molecule has 37 heavy (non-hydrogen) atoms. The van der Waals surface area contributed by atoms with E-state index in [4.69, 9.17) is 14.6 Å². The van der Waals surface area contributed by atoms with E-state index in [9.17, 15) is 14.0 Å². The number of halogens is 1. The van der Waals surface area contributed by atoms with Gasteiger partial charge < -0.3 is 14.6 Å². The number of amides is 1. The molecule has 3 aromatic carbocycles. The minimum atomic E-state index is -1.01. The highest BCUT2D eigenvalue weighted by Crippen LogP contribution is 2.36. The maximum absolute atomic E-state index is 14.0. The van der Waals surface area contributed by atoms with Gasteiger partial charge in [0.2, 0.25) is 0 Å². The lowest BCUT2D eigenvalue weighted by atomic mass is 10.1. The van der Waals surface area contributed by atoms with E-state index in [0.717, 1.165) is 5.56 Å². The van der Waals surface area contributed by atoms with Crippen LogP contribution in [0.3, 0.4) is 0 Å². The van der Waals surface area contributed by atoms with Gasteiger partial charge in [-0.25, -0.2) is 14.2 Å². The number of carboxylic acids is 1. The molecule has 0 spiro atoms. The Balaban J connectivity index is 1.56. The monoisotopic (exact) mass is 520 g/mol. The molecule has 0 atom stereocenters. The van der Waals surface area contributed by atoms with Crippen molar-refractivity contribution in [3.63, 3.8) is 0 Å². The Bertz CT molecular complexity index is 1370. The van der Waals surface area contributed by atoms with Gasteiger partial charge in [-0.2, -0.15) is 0 Å². The van der Waals surface area contributed by atoms with Crippen LogP contribution in [0, 0.1) is 5.82 Å². The summed E-state index contributed by atoms with van der Waals surface area (Å²) >= 11 is 1.24. The molecule has 4 rings (SSSR count). The van der Waals surface area contributed by atoms with Crippen molar-refractivity contribution < 1.29 is 28.6 Å². The lowest BCUT2D eigenvalue weighted by Gasteiger charge is -2.13. The third-order valence-corrected chi connectivity index (χ3v) is 6.46. The van der Waals surface area contributed by atoms with Crippen LogP contribution in [0.15, 0.2) is 76.6 Å². The van der Waals surface area contributed by atoms with Crippen LogP contribution in [0.5, 0.6) is 11.5 Å². The van der Waals surface area contributed by atoms with Crippen molar-refractivity contribution in [2.45, 2.75) is 20.5 Å². The number of benzene rings is 3. The molecule has 0 saturated carbocycles. The molecule has 0 aliphatic carbocycles. The van der Waals surface area contributed by atoms with Gasteiger partial charge >= 0.3 is 5.97 Å². The molecule has 0 aromatic heterocycles. The summed E-state index contributed by atoms with van der Waals surface area (Å²) in [5.41, 5.74) is 1.89. The molecule has 1 heterocycles. The third-order valence-electron chi connectivity index (χ3n) is 5.45. The number of amidine groups is 1. The van der Waals surface area contributed by atoms with Crippen molar-refractivity contribution in [3.05, 3.63) is 94.1 Å². The van der Waals surface area contributed by atoms with Crippen LogP contribution in [-0.2, 0) is 11.4 Å². The predicted molar refractivity (Wildman–Crippen MR) is 142 cm³/mol. The van der Waals surface area contributed by atoms with Crippen molar-refractivity contribution in [2.24, 2.45) is 4.99 Å². The van der Waals surface area contributed by atoms with Gasteiger partial charge in [-0.15, -0.1) is 0 Å². The van der Waals surface area contributed by atoms with Crippen LogP contribution < -0.4 is 9.47 Å². The van der Waals surface area contributed by atoms with E-state index < -0.39 is 5.97 Å². The van der Waals surface area contributed by atoms with Gasteiger partial charge in [0, 0.05) is 12.1 Å². The van der Waals surface area contributed by atoms with Crippen molar-refractivity contribution in [2.75, 3.05) is 13.2 Å². The summed E-state index contributed by atoms with van der Waals surface area (Å²) in [6.45, 7) is 4.61. The molecular formula is C28H25FN2O5S. The number of aliphatic imine (C=N–C) groups is 1. The van der Waals surface area contributed by atoms with Gasteiger partial charge in [0.15, 0.2) is 16.7 Å². The number of hydrogen-bond acceptors (Lipinski definition) is 6. The lowest BCUT2D eigenvalue weighted by molar-refractivity contribution is -0.122. The average Bonchev–Trinajstić information content (AvgIpc) is 3.18. The number of hydrogen-bond donors (Lipinski definition) is 1. The van der Waals surface area contributed by atoms with E-state index >= 15 is 0 Å². The van der Waals surface area contributed by atoms with E-state index in [1.54, 1.807) is 59.5 Å². The van der Waals surface area contributed by atoms with Crippen LogP contribution in [0.25, 0.3) is 6.08 Å². The molecule has 1 aliphatic heterocycles. The Morgan fingerprint density at radius 3 is 2.49 bits per heavy atom. The van der Waals surface area contributed by atoms with E-state index in [0.29, 0.717) is 46.0 Å². The summed E-state index contributed by atoms with van der Waals surface area (Å²) in [6, 6.07) is 17.9. The first-order chi connectivity index (χ1) is 17.9. The molecule has 1 fully saturated rings. The molecule has 190 valence electrons. The predicted octanol–water partition coefficient (Wildman–Crippen LogP) is 6.13. The van der Waals surface area contributed by atoms with Gasteiger partial charge in [-0.3, -0.25) is 9.69 Å². The number of nitrogens with zero attached hydrogens (tertiary/aromatic N) is 2. The molecule has 0 bridgehead atoms. The summed E-state index contributed by atoms with van der Waals surface area (Å²) in [5.74, 6) is -0.566. The van der Waals surface area contributed by atoms with Crippen LogP contribution in [0.1, 0.15) is 35.3 Å². The Kier molecular flexibility index (Phi) is 8.25. The topological polar surface area (TPSA) is 88.4 Å². The minimum absolute atomic E-state index is 0.0558. The van der Waals surface area contributed by atoms with Gasteiger partial charge in [-0.1, -0.05) is 24.3 Å². The normalized spacial score (nSPS) is 15.4. The number of carbonyl (C=O) groups is 2. The van der Waals surface area contributed by atoms with Crippen molar-refractivity contribution in [3.8, 4) is 11.5 Å². The fourth-order valence-corrected chi connectivity index (χ4v) is 4.65. The molecule has 0 unspecified atom stereocenters. The van der Waals surface area contributed by atoms with Gasteiger partial charge in [0.25, 0.3) is 5.91 Å². The average molecular weight is 521 g/mol. The first-order valence-corrected chi connectivity index (χ1v) is 12.5. The smallest absolute Gasteiger partial charge is 0.335 e. The van der Waals surface area contributed by atoms with Crippen LogP contribution >= 0.6 is 11.8 Å². The molecule has 1 saturated heterocycles. The number of carboxylic acid groups (broad SMARTS) is 1. The van der Waals surface area contributed by atoms with E-state index in [-0.39, 0.29) is 23.9 Å². The van der Waals surface area contributed by atoms with Gasteiger partial charge in [0.1, 0.15) is 12.4 Å². The second kappa shape index (κ2) is 11.7. The highest BCUT2D eigenvalue weighted by atomic mass is 32.2. The first kappa shape index (κ1) is 26.0.